The van der Waals surface area contributed by atoms with Gasteiger partial charge < -0.3 is 10.6 Å². The van der Waals surface area contributed by atoms with Gasteiger partial charge >= 0.3 is 6.18 Å². The summed E-state index contributed by atoms with van der Waals surface area (Å²) in [5, 5.41) is 0. The van der Waals surface area contributed by atoms with E-state index in [1.54, 1.807) is 4.90 Å². The number of alkyl halides is 3. The van der Waals surface area contributed by atoms with Gasteiger partial charge in [-0.3, -0.25) is 4.79 Å². The molecule has 2 heterocycles. The van der Waals surface area contributed by atoms with E-state index in [1.807, 2.05) is 0 Å². The molecule has 1 atom stereocenters. The van der Waals surface area contributed by atoms with Crippen molar-refractivity contribution in [1.29, 1.82) is 0 Å². The Morgan fingerprint density at radius 3 is 2.55 bits per heavy atom. The highest BCUT2D eigenvalue weighted by atomic mass is 19.4. The maximum absolute atomic E-state index is 12.5. The molecule has 2 N–H and O–H groups in total. The molecule has 20 heavy (non-hydrogen) atoms. The van der Waals surface area contributed by atoms with Crippen molar-refractivity contribution in [3.63, 3.8) is 0 Å². The van der Waals surface area contributed by atoms with Gasteiger partial charge in [-0.2, -0.15) is 13.2 Å². The average Bonchev–Trinajstić information content (AvgIpc) is 2.99. The van der Waals surface area contributed by atoms with Crippen LogP contribution in [0.15, 0.2) is 18.3 Å². The van der Waals surface area contributed by atoms with Crippen LogP contribution in [0.4, 0.5) is 19.0 Å². The summed E-state index contributed by atoms with van der Waals surface area (Å²) in [5.74, 6) is -0.0685. The third kappa shape index (κ3) is 2.21. The van der Waals surface area contributed by atoms with Gasteiger partial charge in [0.15, 0.2) is 0 Å². The molecule has 1 spiro atoms. The lowest BCUT2D eigenvalue weighted by molar-refractivity contribution is -0.137. The summed E-state index contributed by atoms with van der Waals surface area (Å²) in [6.07, 6.45) is -0.866. The number of anilines is 1. The maximum Gasteiger partial charge on any atom is 0.417 e. The fourth-order valence-electron chi connectivity index (χ4n) is 2.81. The Bertz CT molecular complexity index is 537. The minimum Gasteiger partial charge on any atom is -0.368 e. The van der Waals surface area contributed by atoms with E-state index in [0.29, 0.717) is 18.8 Å². The number of carbonyl (C=O) groups is 1. The quantitative estimate of drug-likeness (QED) is 0.903. The number of nitrogens with zero attached hydrogens (tertiary/aromatic N) is 2. The van der Waals surface area contributed by atoms with Crippen molar-refractivity contribution in [1.82, 2.24) is 4.98 Å². The normalized spacial score (nSPS) is 24.1. The van der Waals surface area contributed by atoms with Crippen LogP contribution in [0.3, 0.4) is 0 Å². The van der Waals surface area contributed by atoms with Crippen LogP contribution in [0.5, 0.6) is 0 Å². The lowest BCUT2D eigenvalue weighted by atomic mass is 10.0. The monoisotopic (exact) mass is 285 g/mol. The SMILES string of the molecule is NC(=O)C1CC2(CC2)CN1c1ccc(C(F)(F)F)cn1. The van der Waals surface area contributed by atoms with Crippen molar-refractivity contribution in [3.05, 3.63) is 23.9 Å². The number of rotatable bonds is 2. The standard InChI is InChI=1S/C13H14F3N3O/c14-13(15,16)8-1-2-10(18-6-8)19-7-12(3-4-12)5-9(19)11(17)20/h1-2,6,9H,3-5,7H2,(H2,17,20). The molecular weight excluding hydrogens is 271 g/mol. The zero-order valence-corrected chi connectivity index (χ0v) is 10.7. The molecular formula is C13H14F3N3O. The van der Waals surface area contributed by atoms with Crippen LogP contribution >= 0.6 is 0 Å². The Hall–Kier alpha value is -1.79. The molecule has 108 valence electrons. The van der Waals surface area contributed by atoms with Crippen molar-refractivity contribution in [3.8, 4) is 0 Å². The first-order valence-electron chi connectivity index (χ1n) is 6.40. The summed E-state index contributed by atoms with van der Waals surface area (Å²) in [7, 11) is 0. The molecule has 4 nitrogen and oxygen atoms in total. The number of primary amides is 1. The van der Waals surface area contributed by atoms with E-state index in [9.17, 15) is 18.0 Å². The van der Waals surface area contributed by atoms with Gasteiger partial charge in [-0.15, -0.1) is 0 Å². The van der Waals surface area contributed by atoms with E-state index in [4.69, 9.17) is 5.73 Å². The van der Waals surface area contributed by atoms with E-state index in [-0.39, 0.29) is 5.41 Å². The number of nitrogens with two attached hydrogens (primary N) is 1. The van der Waals surface area contributed by atoms with Gasteiger partial charge in [-0.05, 0) is 36.8 Å². The van der Waals surface area contributed by atoms with E-state index in [2.05, 4.69) is 4.98 Å². The molecule has 2 fully saturated rings. The fourth-order valence-corrected chi connectivity index (χ4v) is 2.81. The summed E-state index contributed by atoms with van der Waals surface area (Å²) in [6, 6.07) is 1.82. The second kappa shape index (κ2) is 4.10. The highest BCUT2D eigenvalue weighted by molar-refractivity contribution is 5.84. The summed E-state index contributed by atoms with van der Waals surface area (Å²) in [6.45, 7) is 0.638. The Balaban J connectivity index is 1.86. The van der Waals surface area contributed by atoms with E-state index in [0.717, 1.165) is 25.1 Å². The molecule has 0 bridgehead atoms. The third-order valence-corrected chi connectivity index (χ3v) is 4.16. The summed E-state index contributed by atoms with van der Waals surface area (Å²) in [5.41, 5.74) is 4.71. The molecule has 7 heteroatoms. The van der Waals surface area contributed by atoms with Crippen LogP contribution < -0.4 is 10.6 Å². The molecule has 1 saturated carbocycles. The number of hydrogen-bond acceptors (Lipinski definition) is 3. The van der Waals surface area contributed by atoms with Crippen LogP contribution in [0.2, 0.25) is 0 Å². The smallest absolute Gasteiger partial charge is 0.368 e. The zero-order valence-electron chi connectivity index (χ0n) is 10.7. The van der Waals surface area contributed by atoms with Crippen molar-refractivity contribution in [2.24, 2.45) is 11.1 Å². The molecule has 1 saturated heterocycles. The molecule has 1 aromatic rings. The maximum atomic E-state index is 12.5. The minimum absolute atomic E-state index is 0.115. The largest absolute Gasteiger partial charge is 0.417 e. The predicted molar refractivity (Wildman–Crippen MR) is 65.9 cm³/mol. The Labute approximate surface area is 113 Å². The van der Waals surface area contributed by atoms with Gasteiger partial charge in [0.2, 0.25) is 5.91 Å². The molecule has 1 aliphatic carbocycles. The van der Waals surface area contributed by atoms with Gasteiger partial charge in [-0.1, -0.05) is 0 Å². The first kappa shape index (κ1) is 13.2. The van der Waals surface area contributed by atoms with Gasteiger partial charge in [-0.25, -0.2) is 4.98 Å². The highest BCUT2D eigenvalue weighted by Crippen LogP contribution is 2.55. The van der Waals surface area contributed by atoms with E-state index in [1.165, 1.54) is 6.07 Å². The molecule has 3 rings (SSSR count). The lowest BCUT2D eigenvalue weighted by Crippen LogP contribution is -2.40. The number of halogens is 3. The Morgan fingerprint density at radius 2 is 2.10 bits per heavy atom. The zero-order chi connectivity index (χ0) is 14.5. The molecule has 2 aliphatic rings. The fraction of sp³-hybridized carbons (Fsp3) is 0.538. The molecule has 0 aromatic carbocycles. The van der Waals surface area contributed by atoms with Crippen molar-refractivity contribution in [2.75, 3.05) is 11.4 Å². The third-order valence-electron chi connectivity index (χ3n) is 4.16. The second-order valence-electron chi connectivity index (χ2n) is 5.65. The summed E-state index contributed by atoms with van der Waals surface area (Å²) in [4.78, 5) is 17.1. The first-order chi connectivity index (χ1) is 9.31. The summed E-state index contributed by atoms with van der Waals surface area (Å²) < 4.78 is 37.5. The predicted octanol–water partition coefficient (Wildman–Crippen LogP) is 1.94. The molecule has 1 aromatic heterocycles. The Kier molecular flexibility index (Phi) is 2.71. The topological polar surface area (TPSA) is 59.2 Å². The van der Waals surface area contributed by atoms with Gasteiger partial charge in [0, 0.05) is 12.7 Å². The number of hydrogen-bond donors (Lipinski definition) is 1. The van der Waals surface area contributed by atoms with Gasteiger partial charge in [0.1, 0.15) is 11.9 Å². The van der Waals surface area contributed by atoms with E-state index >= 15 is 0 Å². The summed E-state index contributed by atoms with van der Waals surface area (Å²) >= 11 is 0. The first-order valence-corrected chi connectivity index (χ1v) is 6.40. The van der Waals surface area contributed by atoms with Gasteiger partial charge in [0.05, 0.1) is 5.56 Å². The lowest BCUT2D eigenvalue weighted by Gasteiger charge is -2.23. The van der Waals surface area contributed by atoms with Crippen molar-refractivity contribution >= 4 is 11.7 Å². The van der Waals surface area contributed by atoms with Crippen LogP contribution in [-0.2, 0) is 11.0 Å². The minimum atomic E-state index is -4.41. The van der Waals surface area contributed by atoms with Gasteiger partial charge in [0.25, 0.3) is 0 Å². The average molecular weight is 285 g/mol. The van der Waals surface area contributed by atoms with Crippen LogP contribution in [-0.4, -0.2) is 23.5 Å². The molecule has 1 amide bonds. The van der Waals surface area contributed by atoms with Crippen LogP contribution in [0, 0.1) is 5.41 Å². The van der Waals surface area contributed by atoms with Crippen LogP contribution in [0.1, 0.15) is 24.8 Å². The number of aromatic nitrogens is 1. The number of pyridine rings is 1. The Morgan fingerprint density at radius 1 is 1.40 bits per heavy atom. The van der Waals surface area contributed by atoms with Crippen molar-refractivity contribution < 1.29 is 18.0 Å². The molecule has 1 aliphatic heterocycles. The molecule has 1 unspecified atom stereocenters. The molecule has 0 radical (unpaired) electrons. The number of amides is 1. The van der Waals surface area contributed by atoms with Crippen molar-refractivity contribution in [2.45, 2.75) is 31.5 Å². The van der Waals surface area contributed by atoms with E-state index < -0.39 is 23.7 Å². The van der Waals surface area contributed by atoms with Crippen LogP contribution in [0.25, 0.3) is 0 Å². The number of carbonyl (C=O) groups excluding carboxylic acids is 1. The highest BCUT2D eigenvalue weighted by Gasteiger charge is 2.53. The second-order valence-corrected chi connectivity index (χ2v) is 5.65.